The molecule has 1 heterocycles. The third-order valence-electron chi connectivity index (χ3n) is 4.09. The summed E-state index contributed by atoms with van der Waals surface area (Å²) in [6, 6.07) is 15.6. The number of fused-ring (bicyclic) bond motifs is 1. The summed E-state index contributed by atoms with van der Waals surface area (Å²) < 4.78 is 0. The molecule has 0 radical (unpaired) electrons. The average Bonchev–Trinajstić information content (AvgIpc) is 2.71. The van der Waals surface area contributed by atoms with Gasteiger partial charge in [-0.25, -0.2) is 5.01 Å². The van der Waals surface area contributed by atoms with E-state index < -0.39 is 0 Å². The molecule has 0 saturated heterocycles. The molecular weight excluding hydrogens is 248 g/mol. The molecule has 0 aromatic heterocycles. The van der Waals surface area contributed by atoms with Gasteiger partial charge < -0.3 is 5.01 Å². The van der Waals surface area contributed by atoms with E-state index in [1.807, 2.05) is 73.5 Å². The van der Waals surface area contributed by atoms with Crippen molar-refractivity contribution in [2.24, 2.45) is 0 Å². The molecule has 2 aromatic rings. The molecule has 3 nitrogen and oxygen atoms in total. The maximum atomic E-state index is 12.9. The minimum absolute atomic E-state index is 0.155. The van der Waals surface area contributed by atoms with E-state index >= 15 is 0 Å². The first kappa shape index (κ1) is 12.9. The summed E-state index contributed by atoms with van der Waals surface area (Å²) in [5.41, 5.74) is 4.00. The molecule has 0 bridgehead atoms. The molecule has 2 aromatic carbocycles. The molecule has 1 atom stereocenters. The van der Waals surface area contributed by atoms with Crippen molar-refractivity contribution in [2.45, 2.75) is 13.0 Å². The molecule has 0 aliphatic carbocycles. The third-order valence-corrected chi connectivity index (χ3v) is 4.09. The topological polar surface area (TPSA) is 23.6 Å². The van der Waals surface area contributed by atoms with Crippen molar-refractivity contribution >= 4 is 11.5 Å². The van der Waals surface area contributed by atoms with Crippen molar-refractivity contribution in [1.29, 1.82) is 0 Å². The number of para-hydroxylation sites is 1. The Morgan fingerprint density at radius 1 is 1.00 bits per heavy atom. The van der Waals surface area contributed by atoms with E-state index in [1.165, 1.54) is 0 Å². The van der Waals surface area contributed by atoms with Crippen molar-refractivity contribution in [3.8, 4) is 0 Å². The Morgan fingerprint density at radius 2 is 1.65 bits per heavy atom. The largest absolute Gasteiger partial charge is 0.308 e. The summed E-state index contributed by atoms with van der Waals surface area (Å²) in [4.78, 5) is 12.9. The van der Waals surface area contributed by atoms with Crippen LogP contribution in [0.15, 0.2) is 48.5 Å². The summed E-state index contributed by atoms with van der Waals surface area (Å²) in [5, 5.41) is 4.04. The first-order chi connectivity index (χ1) is 9.61. The van der Waals surface area contributed by atoms with Crippen LogP contribution in [-0.4, -0.2) is 24.9 Å². The average molecular weight is 266 g/mol. The lowest BCUT2D eigenvalue weighted by Crippen LogP contribution is -2.36. The van der Waals surface area contributed by atoms with Crippen LogP contribution in [0.3, 0.4) is 0 Å². The second kappa shape index (κ2) is 4.76. The first-order valence-electron chi connectivity index (χ1n) is 6.76. The van der Waals surface area contributed by atoms with Crippen LogP contribution in [-0.2, 0) is 0 Å². The maximum Gasteiger partial charge on any atom is 0.186 e. The zero-order chi connectivity index (χ0) is 14.3. The number of hydrogen-bond donors (Lipinski definition) is 0. The van der Waals surface area contributed by atoms with Crippen LogP contribution in [0.4, 0.5) is 5.69 Å². The number of benzene rings is 2. The van der Waals surface area contributed by atoms with Crippen LogP contribution in [0.2, 0.25) is 0 Å². The van der Waals surface area contributed by atoms with E-state index in [4.69, 9.17) is 0 Å². The SMILES string of the molecule is Cc1ccccc1C(=O)C1c2ccccc2N(C)N1C. The van der Waals surface area contributed by atoms with Crippen molar-refractivity contribution < 1.29 is 4.79 Å². The van der Waals surface area contributed by atoms with Crippen LogP contribution in [0.1, 0.15) is 27.5 Å². The number of carbonyl (C=O) groups is 1. The van der Waals surface area contributed by atoms with E-state index in [-0.39, 0.29) is 11.8 Å². The van der Waals surface area contributed by atoms with Crippen molar-refractivity contribution in [2.75, 3.05) is 19.1 Å². The molecule has 0 saturated carbocycles. The second-order valence-electron chi connectivity index (χ2n) is 5.24. The smallest absolute Gasteiger partial charge is 0.186 e. The van der Waals surface area contributed by atoms with Crippen LogP contribution >= 0.6 is 0 Å². The zero-order valence-corrected chi connectivity index (χ0v) is 12.0. The van der Waals surface area contributed by atoms with Gasteiger partial charge in [0.05, 0.1) is 5.69 Å². The number of aryl methyl sites for hydroxylation is 1. The fourth-order valence-corrected chi connectivity index (χ4v) is 2.87. The van der Waals surface area contributed by atoms with Crippen molar-refractivity contribution in [3.63, 3.8) is 0 Å². The fourth-order valence-electron chi connectivity index (χ4n) is 2.87. The number of carbonyl (C=O) groups excluding carboxylic acids is 1. The number of hydrazine groups is 1. The van der Waals surface area contributed by atoms with Gasteiger partial charge in [-0.2, -0.15) is 0 Å². The highest BCUT2D eigenvalue weighted by Crippen LogP contribution is 2.39. The highest BCUT2D eigenvalue weighted by molar-refractivity contribution is 6.03. The van der Waals surface area contributed by atoms with E-state index in [1.54, 1.807) is 0 Å². The highest BCUT2D eigenvalue weighted by atomic mass is 16.1. The lowest BCUT2D eigenvalue weighted by atomic mass is 9.95. The lowest BCUT2D eigenvalue weighted by Gasteiger charge is -2.26. The molecule has 0 fully saturated rings. The number of hydrogen-bond acceptors (Lipinski definition) is 3. The van der Waals surface area contributed by atoms with E-state index in [0.29, 0.717) is 0 Å². The normalized spacial score (nSPS) is 18.1. The van der Waals surface area contributed by atoms with Crippen molar-refractivity contribution in [1.82, 2.24) is 5.01 Å². The fraction of sp³-hybridized carbons (Fsp3) is 0.235. The molecular formula is C17H18N2O. The van der Waals surface area contributed by atoms with Gasteiger partial charge in [-0.15, -0.1) is 0 Å². The maximum absolute atomic E-state index is 12.9. The van der Waals surface area contributed by atoms with Gasteiger partial charge in [0.1, 0.15) is 6.04 Å². The summed E-state index contributed by atoms with van der Waals surface area (Å²) in [7, 11) is 3.95. The standard InChI is InChI=1S/C17H18N2O/c1-12-8-4-5-9-13(12)17(20)16-14-10-6-7-11-15(14)18(2)19(16)3/h4-11,16H,1-3H3. The minimum Gasteiger partial charge on any atom is -0.308 e. The van der Waals surface area contributed by atoms with Crippen LogP contribution in [0, 0.1) is 6.92 Å². The quantitative estimate of drug-likeness (QED) is 0.780. The van der Waals surface area contributed by atoms with Gasteiger partial charge in [-0.05, 0) is 18.6 Å². The molecule has 0 spiro atoms. The summed E-state index contributed by atoms with van der Waals surface area (Å²) in [6.45, 7) is 1.98. The molecule has 1 aliphatic heterocycles. The number of rotatable bonds is 2. The van der Waals surface area contributed by atoms with E-state index in [2.05, 4.69) is 6.07 Å². The van der Waals surface area contributed by atoms with Gasteiger partial charge in [0.25, 0.3) is 0 Å². The monoisotopic (exact) mass is 266 g/mol. The Bertz CT molecular complexity index is 666. The Hall–Kier alpha value is -2.13. The minimum atomic E-state index is -0.239. The molecule has 0 amide bonds. The number of anilines is 1. The predicted molar refractivity (Wildman–Crippen MR) is 80.9 cm³/mol. The number of nitrogens with zero attached hydrogens (tertiary/aromatic N) is 2. The van der Waals surface area contributed by atoms with Gasteiger partial charge >= 0.3 is 0 Å². The van der Waals surface area contributed by atoms with Gasteiger partial charge in [0, 0.05) is 25.2 Å². The van der Waals surface area contributed by atoms with Gasteiger partial charge in [0.15, 0.2) is 5.78 Å². The predicted octanol–water partition coefficient (Wildman–Crippen LogP) is 3.22. The summed E-state index contributed by atoms with van der Waals surface area (Å²) in [5.74, 6) is 0.155. The number of likely N-dealkylation sites (N-methyl/N-ethyl adjacent to an activating group) is 1. The molecule has 20 heavy (non-hydrogen) atoms. The number of ketones is 1. The second-order valence-corrected chi connectivity index (χ2v) is 5.24. The van der Waals surface area contributed by atoms with Crippen LogP contribution < -0.4 is 5.01 Å². The highest BCUT2D eigenvalue weighted by Gasteiger charge is 2.37. The number of Topliss-reactive ketones (excluding diaryl/α,β-unsaturated/α-hetero) is 1. The summed E-state index contributed by atoms with van der Waals surface area (Å²) in [6.07, 6.45) is 0. The zero-order valence-electron chi connectivity index (χ0n) is 12.0. The molecule has 102 valence electrons. The summed E-state index contributed by atoms with van der Waals surface area (Å²) >= 11 is 0. The Labute approximate surface area is 119 Å². The van der Waals surface area contributed by atoms with Gasteiger partial charge in [0.2, 0.25) is 0 Å². The molecule has 3 heteroatoms. The lowest BCUT2D eigenvalue weighted by molar-refractivity contribution is 0.0864. The van der Waals surface area contributed by atoms with E-state index in [9.17, 15) is 4.79 Å². The molecule has 0 N–H and O–H groups in total. The van der Waals surface area contributed by atoms with Gasteiger partial charge in [-0.1, -0.05) is 42.5 Å². The molecule has 1 unspecified atom stereocenters. The van der Waals surface area contributed by atoms with Crippen molar-refractivity contribution in [3.05, 3.63) is 65.2 Å². The Balaban J connectivity index is 2.07. The Morgan fingerprint density at radius 3 is 2.40 bits per heavy atom. The van der Waals surface area contributed by atoms with Crippen LogP contribution in [0.5, 0.6) is 0 Å². The Kier molecular flexibility index (Phi) is 3.07. The first-order valence-corrected chi connectivity index (χ1v) is 6.76. The van der Waals surface area contributed by atoms with E-state index in [0.717, 1.165) is 22.4 Å². The van der Waals surface area contributed by atoms with Gasteiger partial charge in [-0.3, -0.25) is 4.79 Å². The third kappa shape index (κ3) is 1.82. The molecule has 3 rings (SSSR count). The molecule has 1 aliphatic rings. The van der Waals surface area contributed by atoms with Crippen LogP contribution in [0.25, 0.3) is 0 Å².